The number of amides is 1. The van der Waals surface area contributed by atoms with E-state index in [9.17, 15) is 18.0 Å². The summed E-state index contributed by atoms with van der Waals surface area (Å²) in [6, 6.07) is 3.02. The standard InChI is InChI=1S/C17H27N3O4S.C2H5NO2/c1-4-20-8-6-7-12(20)11-19-17(21)13-9-16(25(22,23)5-2)14(18)10-15(13)24-3;3-1-2(4)5/h9-10,12H,4-8,11,18H2,1-3H3,(H,19,21);1,3H2,(H,4,5). The SMILES string of the molecule is CCN1CCCC1CNC(=O)c1cc(S(=O)(=O)CC)c(N)cc1OC.NCC(=O)O. The van der Waals surface area contributed by atoms with Crippen molar-refractivity contribution < 1.29 is 27.9 Å². The van der Waals surface area contributed by atoms with Crippen molar-refractivity contribution in [3.63, 3.8) is 0 Å². The van der Waals surface area contributed by atoms with Gasteiger partial charge in [-0.1, -0.05) is 13.8 Å². The highest BCUT2D eigenvalue weighted by Gasteiger charge is 2.25. The molecule has 1 heterocycles. The van der Waals surface area contributed by atoms with E-state index in [0.717, 1.165) is 25.9 Å². The van der Waals surface area contributed by atoms with E-state index in [2.05, 4.69) is 22.9 Å². The average molecular weight is 445 g/mol. The number of likely N-dealkylation sites (tertiary alicyclic amines) is 1. The van der Waals surface area contributed by atoms with Crippen LogP contribution in [0.5, 0.6) is 5.75 Å². The van der Waals surface area contributed by atoms with Crippen LogP contribution in [-0.2, 0) is 14.6 Å². The highest BCUT2D eigenvalue weighted by Crippen LogP contribution is 2.29. The molecule has 10 nitrogen and oxygen atoms in total. The van der Waals surface area contributed by atoms with Gasteiger partial charge >= 0.3 is 5.97 Å². The third-order valence-electron chi connectivity index (χ3n) is 4.87. The number of nitrogens with zero attached hydrogens (tertiary/aromatic N) is 1. The molecule has 170 valence electrons. The zero-order valence-corrected chi connectivity index (χ0v) is 18.5. The summed E-state index contributed by atoms with van der Waals surface area (Å²) in [5.74, 6) is -1.14. The normalized spacial score (nSPS) is 16.5. The van der Waals surface area contributed by atoms with Crippen molar-refractivity contribution in [2.24, 2.45) is 5.73 Å². The van der Waals surface area contributed by atoms with Crippen molar-refractivity contribution in [1.82, 2.24) is 10.2 Å². The van der Waals surface area contributed by atoms with Gasteiger partial charge in [0, 0.05) is 18.7 Å². The first-order chi connectivity index (χ1) is 14.1. The molecule has 1 aromatic carbocycles. The van der Waals surface area contributed by atoms with Gasteiger partial charge in [-0.15, -0.1) is 0 Å². The van der Waals surface area contributed by atoms with E-state index in [0.29, 0.717) is 12.6 Å². The molecule has 11 heteroatoms. The Morgan fingerprint density at radius 1 is 1.33 bits per heavy atom. The number of hydrogen-bond donors (Lipinski definition) is 4. The maximum atomic E-state index is 12.6. The van der Waals surface area contributed by atoms with Crippen LogP contribution in [0.25, 0.3) is 0 Å². The number of benzene rings is 1. The summed E-state index contributed by atoms with van der Waals surface area (Å²) in [4.78, 5) is 24.1. The number of carboxylic acids is 1. The van der Waals surface area contributed by atoms with Crippen LogP contribution in [0, 0.1) is 0 Å². The van der Waals surface area contributed by atoms with Crippen LogP contribution in [0.2, 0.25) is 0 Å². The highest BCUT2D eigenvalue weighted by molar-refractivity contribution is 7.91. The van der Waals surface area contributed by atoms with Gasteiger partial charge in [-0.05, 0) is 32.0 Å². The largest absolute Gasteiger partial charge is 0.496 e. The molecule has 1 amide bonds. The molecule has 30 heavy (non-hydrogen) atoms. The molecule has 1 saturated heterocycles. The molecule has 2 rings (SSSR count). The quantitative estimate of drug-likeness (QED) is 0.413. The predicted molar refractivity (Wildman–Crippen MR) is 114 cm³/mol. The number of anilines is 1. The number of hydrogen-bond acceptors (Lipinski definition) is 8. The number of rotatable bonds is 8. The van der Waals surface area contributed by atoms with E-state index < -0.39 is 15.8 Å². The van der Waals surface area contributed by atoms with E-state index in [1.165, 1.54) is 26.2 Å². The summed E-state index contributed by atoms with van der Waals surface area (Å²) in [5, 5.41) is 10.5. The minimum atomic E-state index is -3.52. The van der Waals surface area contributed by atoms with E-state index in [1.54, 1.807) is 0 Å². The van der Waals surface area contributed by atoms with E-state index in [-0.39, 0.29) is 40.1 Å². The second-order valence-electron chi connectivity index (χ2n) is 6.73. The Morgan fingerprint density at radius 2 is 1.97 bits per heavy atom. The lowest BCUT2D eigenvalue weighted by Crippen LogP contribution is -2.40. The minimum absolute atomic E-state index is 0.0306. The number of carbonyl (C=O) groups is 2. The molecule has 0 radical (unpaired) electrons. The molecule has 1 aliphatic heterocycles. The Balaban J connectivity index is 0.000000804. The monoisotopic (exact) mass is 444 g/mol. The van der Waals surface area contributed by atoms with Gasteiger partial charge < -0.3 is 26.6 Å². The zero-order chi connectivity index (χ0) is 22.9. The molecular weight excluding hydrogens is 412 g/mol. The summed E-state index contributed by atoms with van der Waals surface area (Å²) in [7, 11) is -2.10. The summed E-state index contributed by atoms with van der Waals surface area (Å²) in [5.41, 5.74) is 10.7. The Kier molecular flexibility index (Phi) is 10.0. The van der Waals surface area contributed by atoms with Crippen molar-refractivity contribution in [2.75, 3.05) is 44.8 Å². The molecule has 6 N–H and O–H groups in total. The number of aliphatic carboxylic acids is 1. The molecule has 1 fully saturated rings. The molecule has 0 aromatic heterocycles. The zero-order valence-electron chi connectivity index (χ0n) is 17.7. The van der Waals surface area contributed by atoms with Crippen molar-refractivity contribution in [3.05, 3.63) is 17.7 Å². The Morgan fingerprint density at radius 3 is 2.47 bits per heavy atom. The Labute approximate surface area is 177 Å². The van der Waals surface area contributed by atoms with Crippen molar-refractivity contribution in [1.29, 1.82) is 0 Å². The number of methoxy groups -OCH3 is 1. The van der Waals surface area contributed by atoms with Crippen LogP contribution in [0.1, 0.15) is 37.0 Å². The molecule has 1 atom stereocenters. The molecule has 0 bridgehead atoms. The fourth-order valence-corrected chi connectivity index (χ4v) is 4.22. The van der Waals surface area contributed by atoms with Gasteiger partial charge in [-0.2, -0.15) is 0 Å². The first-order valence-corrected chi connectivity index (χ1v) is 11.4. The number of likely N-dealkylation sites (N-methyl/N-ethyl adjacent to an activating group) is 1. The number of sulfone groups is 1. The van der Waals surface area contributed by atoms with Crippen molar-refractivity contribution >= 4 is 27.4 Å². The molecular formula is C19H32N4O6S. The minimum Gasteiger partial charge on any atom is -0.496 e. The van der Waals surface area contributed by atoms with Crippen LogP contribution < -0.4 is 21.5 Å². The number of nitrogens with two attached hydrogens (primary N) is 2. The van der Waals surface area contributed by atoms with Crippen LogP contribution in [0.3, 0.4) is 0 Å². The number of ether oxygens (including phenoxy) is 1. The fraction of sp³-hybridized carbons (Fsp3) is 0.579. The van der Waals surface area contributed by atoms with E-state index >= 15 is 0 Å². The lowest BCUT2D eigenvalue weighted by atomic mass is 10.1. The summed E-state index contributed by atoms with van der Waals surface area (Å²) >= 11 is 0. The van der Waals surface area contributed by atoms with Gasteiger partial charge in [0.25, 0.3) is 5.91 Å². The van der Waals surface area contributed by atoms with E-state index in [1.807, 2.05) is 0 Å². The summed E-state index contributed by atoms with van der Waals surface area (Å²) < 4.78 is 29.6. The fourth-order valence-electron chi connectivity index (χ4n) is 3.20. The third-order valence-corrected chi connectivity index (χ3v) is 6.65. The number of nitrogens with one attached hydrogen (secondary N) is 1. The first-order valence-electron chi connectivity index (χ1n) is 9.75. The maximum Gasteiger partial charge on any atom is 0.317 e. The molecule has 1 unspecified atom stereocenters. The third kappa shape index (κ3) is 6.85. The lowest BCUT2D eigenvalue weighted by molar-refractivity contribution is -0.135. The lowest BCUT2D eigenvalue weighted by Gasteiger charge is -2.23. The van der Waals surface area contributed by atoms with Gasteiger partial charge in [0.15, 0.2) is 9.84 Å². The van der Waals surface area contributed by atoms with Crippen molar-refractivity contribution in [2.45, 2.75) is 37.6 Å². The van der Waals surface area contributed by atoms with Crippen molar-refractivity contribution in [3.8, 4) is 5.75 Å². The average Bonchev–Trinajstić information content (AvgIpc) is 3.19. The second-order valence-corrected chi connectivity index (χ2v) is 8.97. The van der Waals surface area contributed by atoms with Gasteiger partial charge in [-0.25, -0.2) is 8.42 Å². The topological polar surface area (TPSA) is 165 Å². The Hall–Kier alpha value is -2.37. The molecule has 1 aliphatic rings. The predicted octanol–water partition coefficient (Wildman–Crippen LogP) is 0.315. The second kappa shape index (κ2) is 11.7. The maximum absolute atomic E-state index is 12.6. The summed E-state index contributed by atoms with van der Waals surface area (Å²) in [6.45, 7) is 5.88. The first kappa shape index (κ1) is 25.7. The van der Waals surface area contributed by atoms with Crippen LogP contribution in [0.15, 0.2) is 17.0 Å². The number of carboxylic acid groups (broad SMARTS) is 1. The van der Waals surface area contributed by atoms with Gasteiger partial charge in [-0.3, -0.25) is 14.5 Å². The highest BCUT2D eigenvalue weighted by atomic mass is 32.2. The van der Waals surface area contributed by atoms with Gasteiger partial charge in [0.2, 0.25) is 0 Å². The van der Waals surface area contributed by atoms with Crippen LogP contribution in [-0.4, -0.2) is 75.4 Å². The smallest absolute Gasteiger partial charge is 0.317 e. The Bertz CT molecular complexity index is 844. The van der Waals surface area contributed by atoms with Gasteiger partial charge in [0.1, 0.15) is 5.75 Å². The molecule has 0 spiro atoms. The number of carbonyl (C=O) groups excluding carboxylic acids is 1. The van der Waals surface area contributed by atoms with Gasteiger partial charge in [0.05, 0.1) is 35.6 Å². The summed E-state index contributed by atoms with van der Waals surface area (Å²) in [6.07, 6.45) is 2.17. The molecule has 0 aliphatic carbocycles. The van der Waals surface area contributed by atoms with Crippen LogP contribution >= 0.6 is 0 Å². The van der Waals surface area contributed by atoms with E-state index in [4.69, 9.17) is 15.6 Å². The molecule has 0 saturated carbocycles. The van der Waals surface area contributed by atoms with Crippen LogP contribution in [0.4, 0.5) is 5.69 Å². The molecule has 1 aromatic rings. The number of nitrogen functional groups attached to an aromatic ring is 1.